The number of nitrogens with one attached hydrogen (secondary N) is 1. The molecule has 0 spiro atoms. The van der Waals surface area contributed by atoms with E-state index in [1.165, 1.54) is 18.4 Å². The van der Waals surface area contributed by atoms with Gasteiger partial charge in [0, 0.05) is 4.88 Å². The van der Waals surface area contributed by atoms with Crippen LogP contribution in [0.2, 0.25) is 5.22 Å². The molecule has 1 amide bonds. The van der Waals surface area contributed by atoms with Gasteiger partial charge in [0.25, 0.3) is 5.91 Å². The van der Waals surface area contributed by atoms with Crippen molar-refractivity contribution in [3.63, 3.8) is 0 Å². The smallest absolute Gasteiger partial charge is 0.256 e. The van der Waals surface area contributed by atoms with Gasteiger partial charge in [0.15, 0.2) is 0 Å². The Bertz CT molecular complexity index is 705. The Labute approximate surface area is 118 Å². The summed E-state index contributed by atoms with van der Waals surface area (Å²) in [6.45, 7) is 0.181. The SMILES string of the molecule is NS(=O)(=O)c1ccc(CNC(=O)c2ccoc2Cl)s1. The molecular formula is C10H9ClN2O4S2. The number of amides is 1. The van der Waals surface area contributed by atoms with Crippen LogP contribution < -0.4 is 10.5 Å². The number of hydrogen-bond acceptors (Lipinski definition) is 5. The van der Waals surface area contributed by atoms with Crippen molar-refractivity contribution in [1.82, 2.24) is 5.32 Å². The molecule has 0 fully saturated rings. The lowest BCUT2D eigenvalue weighted by molar-refractivity contribution is 0.0951. The zero-order valence-corrected chi connectivity index (χ0v) is 11.8. The number of primary sulfonamides is 1. The van der Waals surface area contributed by atoms with Crippen LogP contribution in [0.1, 0.15) is 15.2 Å². The summed E-state index contributed by atoms with van der Waals surface area (Å²) in [5, 5.41) is 7.60. The number of hydrogen-bond donors (Lipinski definition) is 2. The molecule has 0 atom stereocenters. The minimum absolute atomic E-state index is 0.00824. The second-order valence-electron chi connectivity index (χ2n) is 3.56. The molecule has 0 aliphatic rings. The molecule has 6 nitrogen and oxygen atoms in total. The number of rotatable bonds is 4. The van der Waals surface area contributed by atoms with Crippen LogP contribution >= 0.6 is 22.9 Å². The molecule has 0 saturated heterocycles. The van der Waals surface area contributed by atoms with E-state index in [0.717, 1.165) is 11.3 Å². The first kappa shape index (κ1) is 14.1. The van der Waals surface area contributed by atoms with Crippen molar-refractivity contribution in [2.75, 3.05) is 0 Å². The van der Waals surface area contributed by atoms with Crippen LogP contribution in [0.3, 0.4) is 0 Å². The Balaban J connectivity index is 2.02. The number of nitrogens with two attached hydrogens (primary N) is 1. The highest BCUT2D eigenvalue weighted by atomic mass is 35.5. The van der Waals surface area contributed by atoms with Gasteiger partial charge in [0.05, 0.1) is 18.4 Å². The van der Waals surface area contributed by atoms with Crippen LogP contribution in [0.5, 0.6) is 0 Å². The van der Waals surface area contributed by atoms with E-state index in [-0.39, 0.29) is 21.5 Å². The average molecular weight is 321 g/mol. The Kier molecular flexibility index (Phi) is 3.95. The van der Waals surface area contributed by atoms with Gasteiger partial charge in [-0.1, -0.05) is 0 Å². The second-order valence-corrected chi connectivity index (χ2v) is 6.86. The third-order valence-corrected chi connectivity index (χ3v) is 5.02. The standard InChI is InChI=1S/C10H9ClN2O4S2/c11-9-7(3-4-17-9)10(14)13-5-6-1-2-8(18-6)19(12,15)16/h1-4H,5H2,(H,13,14)(H2,12,15,16). The number of sulfonamides is 1. The molecule has 0 aliphatic heterocycles. The molecule has 0 bridgehead atoms. The van der Waals surface area contributed by atoms with Gasteiger partial charge < -0.3 is 9.73 Å². The second kappa shape index (κ2) is 5.33. The first-order valence-electron chi connectivity index (χ1n) is 5.00. The number of furan rings is 1. The van der Waals surface area contributed by atoms with Crippen molar-refractivity contribution >= 4 is 38.9 Å². The maximum atomic E-state index is 11.7. The van der Waals surface area contributed by atoms with E-state index in [1.54, 1.807) is 6.07 Å². The summed E-state index contributed by atoms with van der Waals surface area (Å²) in [4.78, 5) is 12.4. The molecule has 2 rings (SSSR count). The van der Waals surface area contributed by atoms with Crippen LogP contribution in [0, 0.1) is 0 Å². The fraction of sp³-hybridized carbons (Fsp3) is 0.100. The van der Waals surface area contributed by atoms with Gasteiger partial charge in [0.2, 0.25) is 15.2 Å². The molecule has 102 valence electrons. The molecule has 0 aliphatic carbocycles. The predicted octanol–water partition coefficient (Wildman–Crippen LogP) is 1.57. The van der Waals surface area contributed by atoms with Gasteiger partial charge in [-0.05, 0) is 29.8 Å². The van der Waals surface area contributed by atoms with Crippen molar-refractivity contribution in [3.8, 4) is 0 Å². The molecule has 19 heavy (non-hydrogen) atoms. The van der Waals surface area contributed by atoms with E-state index < -0.39 is 15.9 Å². The zero-order chi connectivity index (χ0) is 14.0. The van der Waals surface area contributed by atoms with E-state index in [4.69, 9.17) is 21.2 Å². The Morgan fingerprint density at radius 2 is 2.16 bits per heavy atom. The topological polar surface area (TPSA) is 102 Å². The molecule has 0 aromatic carbocycles. The summed E-state index contributed by atoms with van der Waals surface area (Å²) in [7, 11) is -3.70. The molecule has 0 radical (unpaired) electrons. The largest absolute Gasteiger partial charge is 0.452 e. The fourth-order valence-corrected chi connectivity index (χ4v) is 3.24. The predicted molar refractivity (Wildman–Crippen MR) is 70.6 cm³/mol. The normalized spacial score (nSPS) is 11.5. The lowest BCUT2D eigenvalue weighted by Gasteiger charge is -2.01. The van der Waals surface area contributed by atoms with Crippen LogP contribution in [-0.4, -0.2) is 14.3 Å². The van der Waals surface area contributed by atoms with Crippen molar-refractivity contribution in [3.05, 3.63) is 40.1 Å². The summed E-state index contributed by atoms with van der Waals surface area (Å²) in [6.07, 6.45) is 1.31. The summed E-state index contributed by atoms with van der Waals surface area (Å²) < 4.78 is 27.0. The summed E-state index contributed by atoms with van der Waals surface area (Å²) in [5.74, 6) is -0.399. The number of carbonyl (C=O) groups excluding carboxylic acids is 1. The number of carbonyl (C=O) groups is 1. The lowest BCUT2D eigenvalue weighted by Crippen LogP contribution is -2.22. The summed E-state index contributed by atoms with van der Waals surface area (Å²) in [5.41, 5.74) is 0.227. The van der Waals surface area contributed by atoms with Crippen LogP contribution in [0.25, 0.3) is 0 Å². The van der Waals surface area contributed by atoms with Crippen molar-refractivity contribution in [2.45, 2.75) is 10.8 Å². The molecule has 0 saturated carbocycles. The Hall–Kier alpha value is -1.35. The van der Waals surface area contributed by atoms with Crippen LogP contribution in [-0.2, 0) is 16.6 Å². The van der Waals surface area contributed by atoms with E-state index in [2.05, 4.69) is 5.32 Å². The van der Waals surface area contributed by atoms with Crippen molar-refractivity contribution in [2.24, 2.45) is 5.14 Å². The van der Waals surface area contributed by atoms with E-state index in [1.807, 2.05) is 0 Å². The van der Waals surface area contributed by atoms with Gasteiger partial charge >= 0.3 is 0 Å². The highest BCUT2D eigenvalue weighted by Gasteiger charge is 2.14. The number of thiophene rings is 1. The van der Waals surface area contributed by atoms with Crippen molar-refractivity contribution < 1.29 is 17.6 Å². The number of halogens is 1. The summed E-state index contributed by atoms with van der Waals surface area (Å²) >= 11 is 6.66. The van der Waals surface area contributed by atoms with Gasteiger partial charge in [-0.25, -0.2) is 13.6 Å². The van der Waals surface area contributed by atoms with Crippen LogP contribution in [0.15, 0.2) is 33.1 Å². The zero-order valence-electron chi connectivity index (χ0n) is 9.42. The van der Waals surface area contributed by atoms with E-state index in [0.29, 0.717) is 4.88 Å². The maximum absolute atomic E-state index is 11.7. The Morgan fingerprint density at radius 3 is 2.68 bits per heavy atom. The quantitative estimate of drug-likeness (QED) is 0.892. The van der Waals surface area contributed by atoms with Gasteiger partial charge in [-0.3, -0.25) is 4.79 Å². The lowest BCUT2D eigenvalue weighted by atomic mass is 10.3. The van der Waals surface area contributed by atoms with Crippen molar-refractivity contribution in [1.29, 1.82) is 0 Å². The maximum Gasteiger partial charge on any atom is 0.256 e. The third-order valence-electron chi connectivity index (χ3n) is 2.20. The average Bonchev–Trinajstić information content (AvgIpc) is 2.93. The van der Waals surface area contributed by atoms with Gasteiger partial charge in [-0.2, -0.15) is 0 Å². The molecule has 3 N–H and O–H groups in total. The summed E-state index contributed by atoms with van der Waals surface area (Å²) in [6, 6.07) is 4.43. The first-order valence-corrected chi connectivity index (χ1v) is 7.74. The molecule has 2 aromatic heterocycles. The van der Waals surface area contributed by atoms with Gasteiger partial charge in [-0.15, -0.1) is 11.3 Å². The first-order chi connectivity index (χ1) is 8.88. The van der Waals surface area contributed by atoms with Crippen LogP contribution in [0.4, 0.5) is 0 Å². The Morgan fingerprint density at radius 1 is 1.42 bits per heavy atom. The monoisotopic (exact) mass is 320 g/mol. The van der Waals surface area contributed by atoms with E-state index in [9.17, 15) is 13.2 Å². The van der Waals surface area contributed by atoms with E-state index >= 15 is 0 Å². The highest BCUT2D eigenvalue weighted by molar-refractivity contribution is 7.91. The molecule has 9 heteroatoms. The minimum Gasteiger partial charge on any atom is -0.452 e. The van der Waals surface area contributed by atoms with Gasteiger partial charge in [0.1, 0.15) is 4.21 Å². The highest BCUT2D eigenvalue weighted by Crippen LogP contribution is 2.21. The fourth-order valence-electron chi connectivity index (χ4n) is 1.32. The molecule has 2 heterocycles. The third kappa shape index (κ3) is 3.35. The minimum atomic E-state index is -3.70. The molecule has 2 aromatic rings. The molecule has 0 unspecified atom stereocenters. The molecular weight excluding hydrogens is 312 g/mol.